The van der Waals surface area contributed by atoms with Crippen molar-refractivity contribution in [2.24, 2.45) is 5.41 Å². The van der Waals surface area contributed by atoms with Gasteiger partial charge >= 0.3 is 5.97 Å². The van der Waals surface area contributed by atoms with Crippen molar-refractivity contribution < 1.29 is 22.7 Å². The van der Waals surface area contributed by atoms with E-state index in [4.69, 9.17) is 4.74 Å². The zero-order valence-corrected chi connectivity index (χ0v) is 16.6. The van der Waals surface area contributed by atoms with Crippen molar-refractivity contribution in [3.05, 3.63) is 23.8 Å². The van der Waals surface area contributed by atoms with Crippen LogP contribution in [0, 0.1) is 5.41 Å². The van der Waals surface area contributed by atoms with Gasteiger partial charge in [0.25, 0.3) is 0 Å². The number of rotatable bonds is 7. The molecule has 7 nitrogen and oxygen atoms in total. The number of sulfonamides is 1. The first-order valence-corrected chi connectivity index (χ1v) is 10.9. The van der Waals surface area contributed by atoms with Crippen molar-refractivity contribution in [1.82, 2.24) is 0 Å². The Kier molecular flexibility index (Phi) is 5.46. The molecular formula is C19H26N2O5S. The second kappa shape index (κ2) is 7.50. The van der Waals surface area contributed by atoms with Gasteiger partial charge in [0.2, 0.25) is 10.0 Å². The average Bonchev–Trinajstić information content (AvgIpc) is 3.33. The summed E-state index contributed by atoms with van der Waals surface area (Å²) in [7, 11) is -3.87. The molecule has 1 spiro atoms. The lowest BCUT2D eigenvalue weighted by Gasteiger charge is -2.35. The highest BCUT2D eigenvalue weighted by Crippen LogP contribution is 2.54. The Labute approximate surface area is 160 Å². The third kappa shape index (κ3) is 4.80. The number of carbonyl (C=O) groups is 2. The monoisotopic (exact) mass is 394 g/mol. The molecule has 148 valence electrons. The second-order valence-electron chi connectivity index (χ2n) is 7.44. The van der Waals surface area contributed by atoms with E-state index in [9.17, 15) is 18.0 Å². The first kappa shape index (κ1) is 19.7. The number of anilines is 2. The third-order valence-corrected chi connectivity index (χ3v) is 6.55. The molecule has 1 aromatic carbocycles. The van der Waals surface area contributed by atoms with E-state index in [1.54, 1.807) is 25.1 Å². The number of hydrogen-bond donors (Lipinski definition) is 1. The fourth-order valence-corrected chi connectivity index (χ4v) is 4.58. The smallest absolute Gasteiger partial charge is 0.323 e. The fraction of sp³-hybridized carbons (Fsp3) is 0.579. The second-order valence-corrected chi connectivity index (χ2v) is 9.16. The first-order chi connectivity index (χ1) is 12.7. The minimum absolute atomic E-state index is 0.0577. The molecule has 2 fully saturated rings. The van der Waals surface area contributed by atoms with Gasteiger partial charge in [0.15, 0.2) is 11.5 Å². The maximum absolute atomic E-state index is 12.2. The van der Waals surface area contributed by atoms with E-state index in [1.165, 1.54) is 19.8 Å². The van der Waals surface area contributed by atoms with Gasteiger partial charge in [0.1, 0.15) is 0 Å². The zero-order valence-electron chi connectivity index (χ0n) is 15.8. The van der Waals surface area contributed by atoms with Gasteiger partial charge in [-0.15, -0.1) is 0 Å². The summed E-state index contributed by atoms with van der Waals surface area (Å²) in [6.45, 7) is 4.98. The van der Waals surface area contributed by atoms with Crippen molar-refractivity contribution in [1.29, 1.82) is 0 Å². The SMILES string of the molecule is CCOC(=O)CS(=O)(=O)Nc1ccc(C(C)=O)c(N2CCC3(CC2)CC3)c1. The molecule has 0 bridgehead atoms. The van der Waals surface area contributed by atoms with Crippen LogP contribution in [0.25, 0.3) is 0 Å². The summed E-state index contributed by atoms with van der Waals surface area (Å²) in [4.78, 5) is 25.7. The van der Waals surface area contributed by atoms with Crippen LogP contribution in [-0.4, -0.2) is 45.6 Å². The maximum atomic E-state index is 12.2. The molecule has 0 radical (unpaired) electrons. The Bertz CT molecular complexity index is 836. The number of nitrogens with one attached hydrogen (secondary N) is 1. The third-order valence-electron chi connectivity index (χ3n) is 5.39. The van der Waals surface area contributed by atoms with Gasteiger partial charge in [-0.05, 0) is 63.1 Å². The Morgan fingerprint density at radius 3 is 2.41 bits per heavy atom. The van der Waals surface area contributed by atoms with E-state index in [1.807, 2.05) is 0 Å². The molecule has 0 unspecified atom stereocenters. The van der Waals surface area contributed by atoms with Crippen LogP contribution in [0.5, 0.6) is 0 Å². The summed E-state index contributed by atoms with van der Waals surface area (Å²) in [5.41, 5.74) is 2.17. The van der Waals surface area contributed by atoms with Crippen LogP contribution in [-0.2, 0) is 19.6 Å². The van der Waals surface area contributed by atoms with E-state index < -0.39 is 21.7 Å². The van der Waals surface area contributed by atoms with Gasteiger partial charge in [-0.1, -0.05) is 0 Å². The summed E-state index contributed by atoms with van der Waals surface area (Å²) in [6, 6.07) is 4.88. The predicted molar refractivity (Wildman–Crippen MR) is 104 cm³/mol. The molecule has 1 saturated heterocycles. The standard InChI is InChI=1S/C19H26N2O5S/c1-3-26-18(23)13-27(24,25)20-15-4-5-16(14(2)22)17(12-15)21-10-8-19(6-7-19)9-11-21/h4-5,12,20H,3,6-11,13H2,1-2H3. The highest BCUT2D eigenvalue weighted by molar-refractivity contribution is 7.93. The molecule has 1 heterocycles. The molecule has 3 rings (SSSR count). The van der Waals surface area contributed by atoms with Gasteiger partial charge in [0, 0.05) is 24.3 Å². The number of Topliss-reactive ketones (excluding diaryl/α,β-unsaturated/α-hetero) is 1. The average molecular weight is 394 g/mol. The van der Waals surface area contributed by atoms with Crippen molar-refractivity contribution in [3.8, 4) is 0 Å². The number of piperidine rings is 1. The Balaban J connectivity index is 1.79. The number of ether oxygens (including phenoxy) is 1. The quantitative estimate of drug-likeness (QED) is 0.564. The maximum Gasteiger partial charge on any atom is 0.323 e. The topological polar surface area (TPSA) is 92.8 Å². The van der Waals surface area contributed by atoms with Crippen LogP contribution in [0.2, 0.25) is 0 Å². The van der Waals surface area contributed by atoms with Gasteiger partial charge in [0.05, 0.1) is 12.3 Å². The number of ketones is 1. The number of esters is 1. The number of nitrogens with zero attached hydrogens (tertiary/aromatic N) is 1. The van der Waals surface area contributed by atoms with Crippen molar-refractivity contribution >= 4 is 33.2 Å². The molecule has 8 heteroatoms. The fourth-order valence-electron chi connectivity index (χ4n) is 3.63. The minimum atomic E-state index is -3.87. The Morgan fingerprint density at radius 1 is 1.19 bits per heavy atom. The molecule has 1 aromatic rings. The van der Waals surface area contributed by atoms with Gasteiger partial charge in [-0.25, -0.2) is 8.42 Å². The van der Waals surface area contributed by atoms with Gasteiger partial charge in [-0.3, -0.25) is 14.3 Å². The van der Waals surface area contributed by atoms with Crippen LogP contribution >= 0.6 is 0 Å². The highest BCUT2D eigenvalue weighted by atomic mass is 32.2. The normalized spacial score (nSPS) is 18.2. The van der Waals surface area contributed by atoms with E-state index in [-0.39, 0.29) is 12.4 Å². The molecule has 0 amide bonds. The van der Waals surface area contributed by atoms with Crippen LogP contribution in [0.4, 0.5) is 11.4 Å². The summed E-state index contributed by atoms with van der Waals surface area (Å²) in [6.07, 6.45) is 4.77. The number of carbonyl (C=O) groups excluding carboxylic acids is 2. The molecule has 27 heavy (non-hydrogen) atoms. The van der Waals surface area contributed by atoms with E-state index in [2.05, 4.69) is 9.62 Å². The minimum Gasteiger partial charge on any atom is -0.465 e. The molecule has 1 aliphatic heterocycles. The summed E-state index contributed by atoms with van der Waals surface area (Å²) in [5, 5.41) is 0. The van der Waals surface area contributed by atoms with Crippen LogP contribution in [0.15, 0.2) is 18.2 Å². The lowest BCUT2D eigenvalue weighted by atomic mass is 9.92. The number of benzene rings is 1. The predicted octanol–water partition coefficient (Wildman–Crippen LogP) is 2.57. The molecule has 1 N–H and O–H groups in total. The first-order valence-electron chi connectivity index (χ1n) is 9.30. The van der Waals surface area contributed by atoms with Crippen LogP contribution < -0.4 is 9.62 Å². The van der Waals surface area contributed by atoms with Crippen LogP contribution in [0.1, 0.15) is 49.9 Å². The zero-order chi connectivity index (χ0) is 19.7. The molecular weight excluding hydrogens is 368 g/mol. The lowest BCUT2D eigenvalue weighted by molar-refractivity contribution is -0.139. The van der Waals surface area contributed by atoms with E-state index >= 15 is 0 Å². The van der Waals surface area contributed by atoms with Crippen LogP contribution in [0.3, 0.4) is 0 Å². The molecule has 0 atom stereocenters. The van der Waals surface area contributed by atoms with Crippen molar-refractivity contribution in [3.63, 3.8) is 0 Å². The number of hydrogen-bond acceptors (Lipinski definition) is 6. The molecule has 1 saturated carbocycles. The summed E-state index contributed by atoms with van der Waals surface area (Å²) < 4.78 is 31.5. The highest BCUT2D eigenvalue weighted by Gasteiger charge is 2.44. The molecule has 2 aliphatic rings. The van der Waals surface area contributed by atoms with Gasteiger partial charge < -0.3 is 9.64 Å². The lowest BCUT2D eigenvalue weighted by Crippen LogP contribution is -2.35. The van der Waals surface area contributed by atoms with E-state index in [0.717, 1.165) is 31.6 Å². The van der Waals surface area contributed by atoms with Crippen molar-refractivity contribution in [2.45, 2.75) is 39.5 Å². The largest absolute Gasteiger partial charge is 0.465 e. The molecule has 0 aromatic heterocycles. The summed E-state index contributed by atoms with van der Waals surface area (Å²) in [5.74, 6) is -1.59. The summed E-state index contributed by atoms with van der Waals surface area (Å²) >= 11 is 0. The van der Waals surface area contributed by atoms with E-state index in [0.29, 0.717) is 16.7 Å². The Hall–Kier alpha value is -2.09. The van der Waals surface area contributed by atoms with Crippen molar-refractivity contribution in [2.75, 3.05) is 35.1 Å². The van der Waals surface area contributed by atoms with Gasteiger partial charge in [-0.2, -0.15) is 0 Å². The Morgan fingerprint density at radius 2 is 1.85 bits per heavy atom. The molecule has 1 aliphatic carbocycles.